The van der Waals surface area contributed by atoms with Crippen molar-refractivity contribution in [3.05, 3.63) is 131 Å². The van der Waals surface area contributed by atoms with Crippen LogP contribution in [0.15, 0.2) is 103 Å². The number of Topliss-reactive ketones (excluding diaryl/α,β-unsaturated/α-hetero) is 2. The molecular formula is C35H28N2O5. The standard InChI is InChI=1S/C35H28N2O5/c1-41-23-12-9-11-22(20-23)31(38)30-29(32(39)25-14-5-8-17-28(25)42-2)35(26-15-6-7-16-27(26)36-34(35)40)33-24-13-4-3-10-21(24)18-19-37(30)33/h3-20,29-30,33H,1-2H3,(H,36,40)/t29-,30+,33-,35+/m1/s1. The van der Waals surface area contributed by atoms with E-state index in [2.05, 4.69) is 5.32 Å². The predicted molar refractivity (Wildman–Crippen MR) is 159 cm³/mol. The molecule has 208 valence electrons. The lowest BCUT2D eigenvalue weighted by Gasteiger charge is -2.38. The number of ether oxygens (including phenoxy) is 2. The van der Waals surface area contributed by atoms with Gasteiger partial charge in [0, 0.05) is 17.5 Å². The van der Waals surface area contributed by atoms with Gasteiger partial charge in [0.2, 0.25) is 5.91 Å². The smallest absolute Gasteiger partial charge is 0.238 e. The molecule has 1 N–H and O–H groups in total. The zero-order valence-corrected chi connectivity index (χ0v) is 23.1. The minimum absolute atomic E-state index is 0.273. The van der Waals surface area contributed by atoms with Gasteiger partial charge in [0.15, 0.2) is 11.6 Å². The molecule has 42 heavy (non-hydrogen) atoms. The summed E-state index contributed by atoms with van der Waals surface area (Å²) in [5.74, 6) is -1.08. The van der Waals surface area contributed by atoms with Crippen LogP contribution >= 0.6 is 0 Å². The molecule has 4 aromatic rings. The maximum Gasteiger partial charge on any atom is 0.238 e. The molecule has 1 spiro atoms. The topological polar surface area (TPSA) is 84.9 Å². The van der Waals surface area contributed by atoms with E-state index >= 15 is 0 Å². The number of fused-ring (bicyclic) bond motifs is 6. The number of nitrogens with one attached hydrogen (secondary N) is 1. The molecule has 0 aliphatic carbocycles. The van der Waals surface area contributed by atoms with E-state index in [0.29, 0.717) is 33.9 Å². The minimum atomic E-state index is -1.41. The van der Waals surface area contributed by atoms with Crippen molar-refractivity contribution in [2.45, 2.75) is 17.5 Å². The third-order valence-electron chi connectivity index (χ3n) is 8.85. The molecule has 3 aliphatic heterocycles. The second-order valence-corrected chi connectivity index (χ2v) is 10.7. The second kappa shape index (κ2) is 9.73. The Balaban J connectivity index is 1.54. The average Bonchev–Trinajstić information content (AvgIpc) is 3.52. The van der Waals surface area contributed by atoms with E-state index in [0.717, 1.165) is 11.1 Å². The Bertz CT molecular complexity index is 1800. The number of carbonyl (C=O) groups is 3. The fourth-order valence-electron chi connectivity index (χ4n) is 7.13. The zero-order chi connectivity index (χ0) is 29.0. The number of benzene rings is 4. The van der Waals surface area contributed by atoms with Gasteiger partial charge in [-0.3, -0.25) is 14.4 Å². The third kappa shape index (κ3) is 3.49. The summed E-state index contributed by atoms with van der Waals surface area (Å²) in [6, 6.07) is 27.6. The Hall–Kier alpha value is -5.17. The van der Waals surface area contributed by atoms with Gasteiger partial charge in [-0.15, -0.1) is 0 Å². The van der Waals surface area contributed by atoms with Gasteiger partial charge < -0.3 is 19.7 Å². The summed E-state index contributed by atoms with van der Waals surface area (Å²) in [4.78, 5) is 46.1. The Labute approximate surface area is 243 Å². The van der Waals surface area contributed by atoms with E-state index in [-0.39, 0.29) is 17.5 Å². The van der Waals surface area contributed by atoms with Crippen LogP contribution in [-0.4, -0.2) is 42.6 Å². The zero-order valence-electron chi connectivity index (χ0n) is 23.1. The summed E-state index contributed by atoms with van der Waals surface area (Å²) in [7, 11) is 3.05. The molecule has 1 amide bonds. The molecule has 0 aromatic heterocycles. The highest BCUT2D eigenvalue weighted by Crippen LogP contribution is 2.62. The predicted octanol–water partition coefficient (Wildman–Crippen LogP) is 5.69. The largest absolute Gasteiger partial charge is 0.497 e. The molecule has 7 heteroatoms. The fraction of sp³-hybridized carbons (Fsp3) is 0.171. The summed E-state index contributed by atoms with van der Waals surface area (Å²) >= 11 is 0. The Morgan fingerprint density at radius 3 is 2.43 bits per heavy atom. The van der Waals surface area contributed by atoms with Crippen molar-refractivity contribution in [1.29, 1.82) is 0 Å². The van der Waals surface area contributed by atoms with E-state index in [1.807, 2.05) is 65.7 Å². The van der Waals surface area contributed by atoms with E-state index in [1.54, 1.807) is 55.6 Å². The number of para-hydroxylation sites is 2. The van der Waals surface area contributed by atoms with Crippen LogP contribution < -0.4 is 14.8 Å². The third-order valence-corrected chi connectivity index (χ3v) is 8.85. The van der Waals surface area contributed by atoms with Gasteiger partial charge in [0.1, 0.15) is 23.0 Å². The number of rotatable bonds is 6. The maximum absolute atomic E-state index is 15.0. The molecule has 7 rings (SSSR count). The number of hydrogen-bond acceptors (Lipinski definition) is 6. The van der Waals surface area contributed by atoms with Crippen LogP contribution in [0.25, 0.3) is 6.08 Å². The van der Waals surface area contributed by atoms with Crippen LogP contribution in [-0.2, 0) is 10.2 Å². The van der Waals surface area contributed by atoms with Gasteiger partial charge >= 0.3 is 0 Å². The highest BCUT2D eigenvalue weighted by atomic mass is 16.5. The van der Waals surface area contributed by atoms with Crippen molar-refractivity contribution in [2.24, 2.45) is 5.92 Å². The van der Waals surface area contributed by atoms with E-state index in [9.17, 15) is 14.4 Å². The van der Waals surface area contributed by atoms with Crippen LogP contribution in [0.2, 0.25) is 0 Å². The summed E-state index contributed by atoms with van der Waals surface area (Å²) < 4.78 is 11.0. The lowest BCUT2D eigenvalue weighted by atomic mass is 9.62. The van der Waals surface area contributed by atoms with E-state index < -0.39 is 23.4 Å². The van der Waals surface area contributed by atoms with Crippen LogP contribution in [0.4, 0.5) is 5.69 Å². The lowest BCUT2D eigenvalue weighted by molar-refractivity contribution is -0.122. The first-order valence-electron chi connectivity index (χ1n) is 13.8. The van der Waals surface area contributed by atoms with Crippen molar-refractivity contribution in [2.75, 3.05) is 19.5 Å². The maximum atomic E-state index is 15.0. The first kappa shape index (κ1) is 25.8. The van der Waals surface area contributed by atoms with Crippen LogP contribution in [0, 0.1) is 5.92 Å². The van der Waals surface area contributed by atoms with Gasteiger partial charge in [-0.05, 0) is 53.1 Å². The molecule has 0 bridgehead atoms. The van der Waals surface area contributed by atoms with Crippen molar-refractivity contribution in [3.8, 4) is 11.5 Å². The molecule has 0 saturated carbocycles. The van der Waals surface area contributed by atoms with Gasteiger partial charge in [-0.25, -0.2) is 0 Å². The Kier molecular flexibility index (Phi) is 5.97. The number of carbonyl (C=O) groups excluding carboxylic acids is 3. The van der Waals surface area contributed by atoms with Crippen LogP contribution in [0.5, 0.6) is 11.5 Å². The minimum Gasteiger partial charge on any atom is -0.497 e. The Morgan fingerprint density at radius 1 is 0.833 bits per heavy atom. The van der Waals surface area contributed by atoms with Crippen molar-refractivity contribution in [1.82, 2.24) is 4.90 Å². The van der Waals surface area contributed by atoms with Crippen molar-refractivity contribution >= 4 is 29.2 Å². The molecule has 0 radical (unpaired) electrons. The van der Waals surface area contributed by atoms with Crippen LogP contribution in [0.3, 0.4) is 0 Å². The first-order chi connectivity index (χ1) is 20.5. The summed E-state index contributed by atoms with van der Waals surface area (Å²) in [6.07, 6.45) is 3.81. The molecule has 4 aromatic carbocycles. The van der Waals surface area contributed by atoms with Gasteiger partial charge in [0.05, 0.1) is 31.7 Å². The molecule has 7 nitrogen and oxygen atoms in total. The number of amides is 1. The monoisotopic (exact) mass is 556 g/mol. The normalized spacial score (nSPS) is 23.1. The average molecular weight is 557 g/mol. The number of methoxy groups -OCH3 is 2. The van der Waals surface area contributed by atoms with Gasteiger partial charge in [0.25, 0.3) is 0 Å². The number of ketones is 2. The number of hydrogen-bond donors (Lipinski definition) is 1. The summed E-state index contributed by atoms with van der Waals surface area (Å²) in [5.41, 5.74) is 2.47. The first-order valence-corrected chi connectivity index (χ1v) is 13.8. The number of anilines is 1. The van der Waals surface area contributed by atoms with Gasteiger partial charge in [-0.1, -0.05) is 66.7 Å². The highest BCUT2D eigenvalue weighted by Gasteiger charge is 2.70. The molecule has 1 saturated heterocycles. The molecule has 1 fully saturated rings. The molecular weight excluding hydrogens is 528 g/mol. The Morgan fingerprint density at radius 2 is 1.60 bits per heavy atom. The highest BCUT2D eigenvalue weighted by molar-refractivity contribution is 6.17. The lowest BCUT2D eigenvalue weighted by Crippen LogP contribution is -2.49. The second-order valence-electron chi connectivity index (χ2n) is 10.7. The molecule has 0 unspecified atom stereocenters. The SMILES string of the molecule is COc1cccc(C(=O)[C@@H]2[C@H](C(=O)c3ccccc3OC)[C@]3(C(=O)Nc4ccccc43)[C@H]3c4ccccc4C=CN23)c1. The molecule has 4 atom stereocenters. The van der Waals surface area contributed by atoms with Gasteiger partial charge in [-0.2, -0.15) is 0 Å². The quantitative estimate of drug-likeness (QED) is 0.308. The van der Waals surface area contributed by atoms with Crippen LogP contribution in [0.1, 0.15) is 43.4 Å². The summed E-state index contributed by atoms with van der Waals surface area (Å²) in [6.45, 7) is 0. The fourth-order valence-corrected chi connectivity index (χ4v) is 7.13. The molecule has 3 heterocycles. The summed E-state index contributed by atoms with van der Waals surface area (Å²) in [5, 5.41) is 3.07. The van der Waals surface area contributed by atoms with E-state index in [4.69, 9.17) is 9.47 Å². The van der Waals surface area contributed by atoms with Crippen molar-refractivity contribution < 1.29 is 23.9 Å². The van der Waals surface area contributed by atoms with E-state index in [1.165, 1.54) is 7.11 Å². The van der Waals surface area contributed by atoms with Crippen molar-refractivity contribution in [3.63, 3.8) is 0 Å². The number of nitrogens with zero attached hydrogens (tertiary/aromatic N) is 1. The molecule has 3 aliphatic rings.